The van der Waals surface area contributed by atoms with E-state index in [2.05, 4.69) is 10.4 Å². The molecular formula is C17H24N4O3S. The Balaban J connectivity index is 1.87. The Bertz CT molecular complexity index is 891. The number of piperidine rings is 1. The third-order valence-corrected chi connectivity index (χ3v) is 5.74. The molecule has 0 radical (unpaired) electrons. The summed E-state index contributed by atoms with van der Waals surface area (Å²) in [6.45, 7) is 4.74. The number of nitrogens with zero attached hydrogens (tertiary/aromatic N) is 3. The molecule has 0 saturated carbocycles. The van der Waals surface area contributed by atoms with Crippen LogP contribution in [-0.2, 0) is 22.9 Å². The molecular weight excluding hydrogens is 340 g/mol. The molecule has 1 saturated heterocycles. The molecule has 2 aromatic rings. The molecule has 1 aromatic heterocycles. The van der Waals surface area contributed by atoms with E-state index in [1.54, 1.807) is 28.8 Å². The molecule has 0 aliphatic carbocycles. The molecule has 3 rings (SSSR count). The Morgan fingerprint density at radius 3 is 2.56 bits per heavy atom. The molecule has 7 nitrogen and oxygen atoms in total. The smallest absolute Gasteiger partial charge is 0.316 e. The van der Waals surface area contributed by atoms with E-state index in [1.165, 1.54) is 10.9 Å². The van der Waals surface area contributed by atoms with Gasteiger partial charge in [0.1, 0.15) is 5.82 Å². The quantitative estimate of drug-likeness (QED) is 0.855. The minimum atomic E-state index is -3.22. The van der Waals surface area contributed by atoms with Crippen LogP contribution in [0.1, 0.15) is 37.1 Å². The van der Waals surface area contributed by atoms with Gasteiger partial charge in [0, 0.05) is 25.3 Å². The van der Waals surface area contributed by atoms with Gasteiger partial charge in [0.25, 0.3) is 0 Å². The molecule has 0 spiro atoms. The lowest BCUT2D eigenvalue weighted by molar-refractivity contribution is 0.431. The van der Waals surface area contributed by atoms with Crippen molar-refractivity contribution in [1.29, 1.82) is 0 Å². The van der Waals surface area contributed by atoms with Gasteiger partial charge in [-0.25, -0.2) is 17.9 Å². The number of rotatable bonds is 5. The third kappa shape index (κ3) is 3.85. The second kappa shape index (κ2) is 7.13. The van der Waals surface area contributed by atoms with Crippen molar-refractivity contribution in [3.8, 4) is 0 Å². The first-order valence-corrected chi connectivity index (χ1v) is 10.5. The van der Waals surface area contributed by atoms with Crippen molar-refractivity contribution in [2.24, 2.45) is 0 Å². The highest BCUT2D eigenvalue weighted by molar-refractivity contribution is 7.90. The summed E-state index contributed by atoms with van der Waals surface area (Å²) in [7, 11) is -3.22. The maximum Gasteiger partial charge on any atom is 0.346 e. The Morgan fingerprint density at radius 1 is 1.28 bits per heavy atom. The number of nitrogens with one attached hydrogen (secondary N) is 1. The van der Waals surface area contributed by atoms with Crippen LogP contribution in [0.3, 0.4) is 0 Å². The SMILES string of the molecule is CCn1c([C@H]2CCCNC2)nn(Cc2ccc(S(C)(=O)=O)cc2)c1=O. The van der Waals surface area contributed by atoms with Crippen molar-refractivity contribution >= 4 is 9.84 Å². The van der Waals surface area contributed by atoms with Crippen molar-refractivity contribution in [3.63, 3.8) is 0 Å². The van der Waals surface area contributed by atoms with Crippen LogP contribution < -0.4 is 11.0 Å². The Hall–Kier alpha value is -1.93. The zero-order valence-electron chi connectivity index (χ0n) is 14.6. The first-order valence-electron chi connectivity index (χ1n) is 8.57. The number of hydrogen-bond acceptors (Lipinski definition) is 5. The minimum Gasteiger partial charge on any atom is -0.316 e. The van der Waals surface area contributed by atoms with Crippen LogP contribution >= 0.6 is 0 Å². The summed E-state index contributed by atoms with van der Waals surface area (Å²) in [5, 5.41) is 7.94. The van der Waals surface area contributed by atoms with E-state index >= 15 is 0 Å². The molecule has 0 amide bonds. The van der Waals surface area contributed by atoms with E-state index in [1.807, 2.05) is 6.92 Å². The van der Waals surface area contributed by atoms with E-state index in [-0.39, 0.29) is 16.5 Å². The van der Waals surface area contributed by atoms with Crippen LogP contribution in [0, 0.1) is 0 Å². The maximum atomic E-state index is 12.6. The maximum absolute atomic E-state index is 12.6. The van der Waals surface area contributed by atoms with Crippen molar-refractivity contribution in [1.82, 2.24) is 19.7 Å². The van der Waals surface area contributed by atoms with Gasteiger partial charge in [0.05, 0.1) is 11.4 Å². The van der Waals surface area contributed by atoms with E-state index in [9.17, 15) is 13.2 Å². The molecule has 25 heavy (non-hydrogen) atoms. The predicted molar refractivity (Wildman–Crippen MR) is 95.7 cm³/mol. The fourth-order valence-corrected chi connectivity index (χ4v) is 3.88. The molecule has 2 heterocycles. The number of hydrogen-bond donors (Lipinski definition) is 1. The number of aromatic nitrogens is 3. The van der Waals surface area contributed by atoms with Gasteiger partial charge in [-0.15, -0.1) is 0 Å². The zero-order valence-corrected chi connectivity index (χ0v) is 15.4. The van der Waals surface area contributed by atoms with Gasteiger partial charge in [0.2, 0.25) is 0 Å². The molecule has 1 N–H and O–H groups in total. The average molecular weight is 364 g/mol. The second-order valence-electron chi connectivity index (χ2n) is 6.50. The lowest BCUT2D eigenvalue weighted by atomic mass is 9.99. The molecule has 1 aliphatic heterocycles. The highest BCUT2D eigenvalue weighted by Crippen LogP contribution is 2.21. The van der Waals surface area contributed by atoms with E-state index in [4.69, 9.17) is 0 Å². The number of sulfone groups is 1. The predicted octanol–water partition coefficient (Wildman–Crippen LogP) is 0.983. The van der Waals surface area contributed by atoms with E-state index < -0.39 is 9.84 Å². The largest absolute Gasteiger partial charge is 0.346 e. The fourth-order valence-electron chi connectivity index (χ4n) is 3.25. The third-order valence-electron chi connectivity index (χ3n) is 4.61. The van der Waals surface area contributed by atoms with Gasteiger partial charge in [-0.1, -0.05) is 12.1 Å². The molecule has 0 unspecified atom stereocenters. The highest BCUT2D eigenvalue weighted by Gasteiger charge is 2.23. The van der Waals surface area contributed by atoms with Gasteiger partial charge in [-0.05, 0) is 44.0 Å². The molecule has 1 aromatic carbocycles. The summed E-state index contributed by atoms with van der Waals surface area (Å²) in [6, 6.07) is 6.60. The summed E-state index contributed by atoms with van der Waals surface area (Å²) < 4.78 is 26.3. The number of benzene rings is 1. The lowest BCUT2D eigenvalue weighted by Gasteiger charge is -2.21. The summed E-state index contributed by atoms with van der Waals surface area (Å²) in [5.41, 5.74) is 0.735. The van der Waals surface area contributed by atoms with Crippen molar-refractivity contribution in [2.45, 2.75) is 43.7 Å². The Kier molecular flexibility index (Phi) is 5.10. The molecule has 1 aliphatic rings. The first-order chi connectivity index (χ1) is 11.9. The van der Waals surface area contributed by atoms with E-state index in [0.29, 0.717) is 13.1 Å². The van der Waals surface area contributed by atoms with Crippen LogP contribution in [0.5, 0.6) is 0 Å². The molecule has 8 heteroatoms. The zero-order chi connectivity index (χ0) is 18.0. The standard InChI is InChI=1S/C17H24N4O3S/c1-3-20-16(14-5-4-10-18-11-14)19-21(17(20)22)12-13-6-8-15(9-7-13)25(2,23)24/h6-9,14,18H,3-5,10-12H2,1-2H3/t14-/m0/s1. The van der Waals surface area contributed by atoms with Crippen LogP contribution in [0.4, 0.5) is 0 Å². The van der Waals surface area contributed by atoms with Crippen molar-refractivity contribution < 1.29 is 8.42 Å². The monoisotopic (exact) mass is 364 g/mol. The van der Waals surface area contributed by atoms with Crippen molar-refractivity contribution in [3.05, 3.63) is 46.1 Å². The van der Waals surface area contributed by atoms with Crippen LogP contribution in [0.2, 0.25) is 0 Å². The van der Waals surface area contributed by atoms with E-state index in [0.717, 1.165) is 37.3 Å². The van der Waals surface area contributed by atoms with Crippen molar-refractivity contribution in [2.75, 3.05) is 19.3 Å². The fraction of sp³-hybridized carbons (Fsp3) is 0.529. The first kappa shape index (κ1) is 17.9. The topological polar surface area (TPSA) is 86.0 Å². The van der Waals surface area contributed by atoms with Crippen LogP contribution in [0.15, 0.2) is 34.0 Å². The molecule has 1 atom stereocenters. The lowest BCUT2D eigenvalue weighted by Crippen LogP contribution is -2.31. The summed E-state index contributed by atoms with van der Waals surface area (Å²) in [4.78, 5) is 12.9. The Labute approximate surface area is 147 Å². The Morgan fingerprint density at radius 2 is 2.00 bits per heavy atom. The summed E-state index contributed by atoms with van der Waals surface area (Å²) >= 11 is 0. The van der Waals surface area contributed by atoms with Gasteiger partial charge < -0.3 is 5.32 Å². The van der Waals surface area contributed by atoms with Gasteiger partial charge in [-0.3, -0.25) is 4.57 Å². The van der Waals surface area contributed by atoms with Gasteiger partial charge in [-0.2, -0.15) is 5.10 Å². The van der Waals surface area contributed by atoms with Crippen LogP contribution in [0.25, 0.3) is 0 Å². The highest BCUT2D eigenvalue weighted by atomic mass is 32.2. The average Bonchev–Trinajstić information content (AvgIpc) is 2.91. The summed E-state index contributed by atoms with van der Waals surface area (Å²) in [6.07, 6.45) is 3.30. The van der Waals surface area contributed by atoms with Gasteiger partial charge in [0.15, 0.2) is 9.84 Å². The van der Waals surface area contributed by atoms with Gasteiger partial charge >= 0.3 is 5.69 Å². The second-order valence-corrected chi connectivity index (χ2v) is 8.52. The summed E-state index contributed by atoms with van der Waals surface area (Å²) in [5.74, 6) is 1.10. The van der Waals surface area contributed by atoms with Crippen LogP contribution in [-0.4, -0.2) is 42.1 Å². The molecule has 1 fully saturated rings. The normalized spacial score (nSPS) is 18.4. The molecule has 136 valence electrons. The minimum absolute atomic E-state index is 0.115. The molecule has 0 bridgehead atoms.